The van der Waals surface area contributed by atoms with E-state index in [1.165, 1.54) is 18.2 Å². The van der Waals surface area contributed by atoms with E-state index in [4.69, 9.17) is 5.11 Å². The molecule has 0 saturated carbocycles. The van der Waals surface area contributed by atoms with Gasteiger partial charge in [0.15, 0.2) is 0 Å². The van der Waals surface area contributed by atoms with Crippen LogP contribution in [-0.4, -0.2) is 23.7 Å². The number of aliphatic hydroxyl groups is 1. The fraction of sp³-hybridized carbons (Fsp3) is 0.400. The summed E-state index contributed by atoms with van der Waals surface area (Å²) in [5, 5.41) is 11.4. The van der Waals surface area contributed by atoms with Gasteiger partial charge in [-0.25, -0.2) is 4.39 Å². The van der Waals surface area contributed by atoms with Gasteiger partial charge in [0, 0.05) is 11.6 Å². The third-order valence-electron chi connectivity index (χ3n) is 2.62. The summed E-state index contributed by atoms with van der Waals surface area (Å²) < 4.78 is 13.6. The maximum atomic E-state index is 13.6. The summed E-state index contributed by atoms with van der Waals surface area (Å²) in [7, 11) is 0. The third kappa shape index (κ3) is 4.72. The number of nitrogens with one attached hydrogen (secondary N) is 1. The summed E-state index contributed by atoms with van der Waals surface area (Å²) in [6.07, 6.45) is 1.79. The van der Waals surface area contributed by atoms with Gasteiger partial charge in [0.1, 0.15) is 12.4 Å². The summed E-state index contributed by atoms with van der Waals surface area (Å²) in [6, 6.07) is 4.08. The van der Waals surface area contributed by atoms with Crippen LogP contribution < -0.4 is 5.32 Å². The molecular weight excluding hydrogens is 245 g/mol. The van der Waals surface area contributed by atoms with Gasteiger partial charge in [-0.15, -0.1) is 0 Å². The first-order chi connectivity index (χ1) is 9.08. The van der Waals surface area contributed by atoms with E-state index in [9.17, 15) is 9.18 Å². The van der Waals surface area contributed by atoms with Gasteiger partial charge in [-0.05, 0) is 31.5 Å². The molecular formula is C15H18FNO2. The Morgan fingerprint density at radius 1 is 1.53 bits per heavy atom. The van der Waals surface area contributed by atoms with Gasteiger partial charge >= 0.3 is 0 Å². The molecule has 0 fully saturated rings. The molecule has 1 amide bonds. The molecule has 2 N–H and O–H groups in total. The Morgan fingerprint density at radius 3 is 2.89 bits per heavy atom. The number of hydrogen-bond donors (Lipinski definition) is 2. The molecule has 19 heavy (non-hydrogen) atoms. The molecule has 3 nitrogen and oxygen atoms in total. The molecule has 1 atom stereocenters. The van der Waals surface area contributed by atoms with Crippen molar-refractivity contribution in [2.75, 3.05) is 6.61 Å². The highest BCUT2D eigenvalue weighted by atomic mass is 19.1. The molecule has 102 valence electrons. The van der Waals surface area contributed by atoms with Crippen molar-refractivity contribution in [2.24, 2.45) is 0 Å². The van der Waals surface area contributed by atoms with Crippen LogP contribution in [0.3, 0.4) is 0 Å². The van der Waals surface area contributed by atoms with E-state index in [1.807, 2.05) is 13.8 Å². The Balaban J connectivity index is 2.89. The molecule has 0 aliphatic rings. The van der Waals surface area contributed by atoms with Crippen LogP contribution in [0.5, 0.6) is 0 Å². The molecule has 0 aliphatic carbocycles. The number of carbonyl (C=O) groups is 1. The third-order valence-corrected chi connectivity index (χ3v) is 2.62. The smallest absolute Gasteiger partial charge is 0.254 e. The summed E-state index contributed by atoms with van der Waals surface area (Å²) in [6.45, 7) is 3.63. The minimum atomic E-state index is -0.573. The van der Waals surface area contributed by atoms with E-state index in [1.54, 1.807) is 0 Å². The molecule has 1 aromatic rings. The van der Waals surface area contributed by atoms with Crippen LogP contribution in [-0.2, 0) is 0 Å². The number of aliphatic hydroxyl groups excluding tert-OH is 1. The molecule has 0 aliphatic heterocycles. The highest BCUT2D eigenvalue weighted by molar-refractivity contribution is 5.95. The quantitative estimate of drug-likeness (QED) is 0.817. The lowest BCUT2D eigenvalue weighted by molar-refractivity contribution is 0.0934. The zero-order valence-electron chi connectivity index (χ0n) is 11.2. The highest BCUT2D eigenvalue weighted by Gasteiger charge is 2.14. The molecule has 4 heteroatoms. The van der Waals surface area contributed by atoms with Crippen molar-refractivity contribution < 1.29 is 14.3 Å². The first-order valence-electron chi connectivity index (χ1n) is 6.28. The van der Waals surface area contributed by atoms with Gasteiger partial charge in [-0.3, -0.25) is 4.79 Å². The van der Waals surface area contributed by atoms with E-state index in [-0.39, 0.29) is 18.2 Å². The van der Waals surface area contributed by atoms with E-state index >= 15 is 0 Å². The van der Waals surface area contributed by atoms with Gasteiger partial charge in [0.05, 0.1) is 5.56 Å². The minimum Gasteiger partial charge on any atom is -0.384 e. The normalized spacial score (nSPS) is 11.4. The van der Waals surface area contributed by atoms with Crippen molar-refractivity contribution in [2.45, 2.75) is 32.7 Å². The molecule has 0 aromatic heterocycles. The van der Waals surface area contributed by atoms with Crippen molar-refractivity contribution in [3.63, 3.8) is 0 Å². The average molecular weight is 263 g/mol. The summed E-state index contributed by atoms with van der Waals surface area (Å²) in [5.41, 5.74) is 0.483. The molecule has 1 aromatic carbocycles. The van der Waals surface area contributed by atoms with Gasteiger partial charge in [0.2, 0.25) is 0 Å². The zero-order chi connectivity index (χ0) is 14.3. The van der Waals surface area contributed by atoms with Crippen molar-refractivity contribution in [3.05, 3.63) is 35.1 Å². The second-order valence-electron chi connectivity index (χ2n) is 4.32. The lowest BCUT2D eigenvalue weighted by atomic mass is 10.1. The summed E-state index contributed by atoms with van der Waals surface area (Å²) >= 11 is 0. The fourth-order valence-electron chi connectivity index (χ4n) is 1.73. The molecule has 0 heterocycles. The molecule has 1 unspecified atom stereocenters. The van der Waals surface area contributed by atoms with Crippen LogP contribution in [0.1, 0.15) is 42.6 Å². The first kappa shape index (κ1) is 15.2. The second kappa shape index (κ2) is 7.55. The maximum Gasteiger partial charge on any atom is 0.254 e. The predicted octanol–water partition coefficient (Wildman–Crippen LogP) is 2.09. The molecule has 0 saturated heterocycles. The fourth-order valence-corrected chi connectivity index (χ4v) is 1.73. The molecule has 0 spiro atoms. The number of hydrogen-bond acceptors (Lipinski definition) is 2. The van der Waals surface area contributed by atoms with E-state index in [2.05, 4.69) is 17.2 Å². The van der Waals surface area contributed by atoms with Gasteiger partial charge in [-0.2, -0.15) is 0 Å². The van der Waals surface area contributed by atoms with Crippen LogP contribution in [0.15, 0.2) is 18.2 Å². The topological polar surface area (TPSA) is 49.3 Å². The Hall–Kier alpha value is -1.86. The lowest BCUT2D eigenvalue weighted by Crippen LogP contribution is -2.33. The minimum absolute atomic E-state index is 0.00378. The van der Waals surface area contributed by atoms with E-state index in [0.29, 0.717) is 5.56 Å². The number of benzene rings is 1. The lowest BCUT2D eigenvalue weighted by Gasteiger charge is -2.13. The Morgan fingerprint density at radius 2 is 2.26 bits per heavy atom. The molecule has 1 rings (SSSR count). The number of halogens is 1. The van der Waals surface area contributed by atoms with Crippen LogP contribution in [0.2, 0.25) is 0 Å². The van der Waals surface area contributed by atoms with Crippen LogP contribution >= 0.6 is 0 Å². The second-order valence-corrected chi connectivity index (χ2v) is 4.32. The van der Waals surface area contributed by atoms with Gasteiger partial charge < -0.3 is 10.4 Å². The Labute approximate surface area is 112 Å². The highest BCUT2D eigenvalue weighted by Crippen LogP contribution is 2.11. The maximum absolute atomic E-state index is 13.6. The molecule has 0 radical (unpaired) electrons. The predicted molar refractivity (Wildman–Crippen MR) is 72.2 cm³/mol. The Bertz CT molecular complexity index is 503. The van der Waals surface area contributed by atoms with Gasteiger partial charge in [-0.1, -0.05) is 25.2 Å². The number of carbonyl (C=O) groups excluding carboxylic acids is 1. The Kier molecular flexibility index (Phi) is 6.04. The monoisotopic (exact) mass is 263 g/mol. The van der Waals surface area contributed by atoms with Crippen molar-refractivity contribution in [1.29, 1.82) is 0 Å². The summed E-state index contributed by atoms with van der Waals surface area (Å²) in [4.78, 5) is 11.9. The van der Waals surface area contributed by atoms with Crippen molar-refractivity contribution in [3.8, 4) is 11.8 Å². The largest absolute Gasteiger partial charge is 0.384 e. The first-order valence-corrected chi connectivity index (χ1v) is 6.28. The van der Waals surface area contributed by atoms with Crippen LogP contribution in [0.25, 0.3) is 0 Å². The van der Waals surface area contributed by atoms with Crippen molar-refractivity contribution in [1.82, 2.24) is 5.32 Å². The SMILES string of the molecule is CCCC(C)NC(=O)c1cc(C#CCO)ccc1F. The number of rotatable bonds is 4. The van der Waals surface area contributed by atoms with E-state index in [0.717, 1.165) is 12.8 Å². The average Bonchev–Trinajstić information content (AvgIpc) is 2.37. The summed E-state index contributed by atoms with van der Waals surface area (Å²) in [5.74, 6) is 4.10. The molecule has 0 bridgehead atoms. The number of amides is 1. The standard InChI is InChI=1S/C15H18FNO2/c1-3-5-11(2)17-15(19)13-10-12(6-4-9-18)7-8-14(13)16/h7-8,10-11,18H,3,5,9H2,1-2H3,(H,17,19). The van der Waals surface area contributed by atoms with Crippen LogP contribution in [0.4, 0.5) is 4.39 Å². The zero-order valence-corrected chi connectivity index (χ0v) is 11.2. The van der Waals surface area contributed by atoms with Crippen LogP contribution in [0, 0.1) is 17.7 Å². The van der Waals surface area contributed by atoms with E-state index < -0.39 is 11.7 Å². The van der Waals surface area contributed by atoms with Crippen molar-refractivity contribution >= 4 is 5.91 Å². The van der Waals surface area contributed by atoms with Gasteiger partial charge in [0.25, 0.3) is 5.91 Å².